The van der Waals surface area contributed by atoms with Gasteiger partial charge in [0.1, 0.15) is 11.1 Å². The van der Waals surface area contributed by atoms with Gasteiger partial charge >= 0.3 is 5.63 Å². The topological polar surface area (TPSA) is 55.0 Å². The van der Waals surface area contributed by atoms with Gasteiger partial charge in [-0.2, -0.15) is 0 Å². The Morgan fingerprint density at radius 1 is 1.00 bits per heavy atom. The van der Waals surface area contributed by atoms with E-state index in [0.29, 0.717) is 11.1 Å². The molecule has 4 aliphatic carbocycles. The molecule has 1 aliphatic heterocycles. The van der Waals surface area contributed by atoms with Crippen molar-refractivity contribution >= 4 is 16.9 Å². The van der Waals surface area contributed by atoms with Crippen LogP contribution in [0.5, 0.6) is 0 Å². The Morgan fingerprint density at radius 3 is 2.28 bits per heavy atom. The molecule has 1 aromatic carbocycles. The third-order valence-electron chi connectivity index (χ3n) is 8.31. The smallest absolute Gasteiger partial charge is 0.349 e. The van der Waals surface area contributed by atoms with Gasteiger partial charge in [0.15, 0.2) is 0 Å². The molecule has 0 radical (unpaired) electrons. The minimum Gasteiger partial charge on any atom is -0.422 e. The largest absolute Gasteiger partial charge is 0.422 e. The van der Waals surface area contributed by atoms with Gasteiger partial charge in [-0.25, -0.2) is 4.79 Å². The summed E-state index contributed by atoms with van der Waals surface area (Å²) in [6, 6.07) is 9.06. The molecule has 0 spiro atoms. The summed E-state index contributed by atoms with van der Waals surface area (Å²) in [6.07, 6.45) is 8.60. The van der Waals surface area contributed by atoms with Gasteiger partial charge in [-0.1, -0.05) is 18.2 Å². The molecular weight excluding hydrogens is 364 g/mol. The van der Waals surface area contributed by atoms with E-state index in [-0.39, 0.29) is 11.5 Å². The number of nitrogens with zero attached hydrogens (tertiary/aromatic N) is 1. The first-order chi connectivity index (χ1) is 14.1. The molecule has 5 fully saturated rings. The monoisotopic (exact) mass is 393 g/mol. The van der Waals surface area contributed by atoms with Gasteiger partial charge in [-0.3, -0.25) is 4.79 Å². The van der Waals surface area contributed by atoms with Crippen LogP contribution in [0.25, 0.3) is 11.0 Å². The fourth-order valence-electron chi connectivity index (χ4n) is 7.44. The highest BCUT2D eigenvalue weighted by Crippen LogP contribution is 2.54. The molecule has 7 rings (SSSR count). The van der Waals surface area contributed by atoms with E-state index < -0.39 is 5.63 Å². The number of piperazine rings is 1. The van der Waals surface area contributed by atoms with Crippen LogP contribution in [-0.2, 0) is 0 Å². The van der Waals surface area contributed by atoms with E-state index in [1.165, 1.54) is 38.5 Å². The number of carbonyl (C=O) groups excluding carboxylic acids is 1. The SMILES string of the molecule is O=C(c1cc2ccccc2oc1=O)N1CC[NH+](C23CC4CC(CC(C4)C2)C3)CC1. The van der Waals surface area contributed by atoms with Crippen LogP contribution in [-0.4, -0.2) is 42.5 Å². The minimum absolute atomic E-state index is 0.168. The quantitative estimate of drug-likeness (QED) is 0.795. The molecule has 0 atom stereocenters. The number of para-hydroxylation sites is 1. The van der Waals surface area contributed by atoms with Crippen LogP contribution in [0.15, 0.2) is 39.5 Å². The van der Waals surface area contributed by atoms with Crippen LogP contribution >= 0.6 is 0 Å². The Morgan fingerprint density at radius 2 is 1.62 bits per heavy atom. The van der Waals surface area contributed by atoms with E-state index in [2.05, 4.69) is 0 Å². The Hall–Kier alpha value is -2.14. The van der Waals surface area contributed by atoms with Crippen molar-refractivity contribution in [2.75, 3.05) is 26.2 Å². The van der Waals surface area contributed by atoms with Crippen molar-refractivity contribution in [3.05, 3.63) is 46.3 Å². The lowest BCUT2D eigenvalue weighted by atomic mass is 9.52. The second kappa shape index (κ2) is 6.43. The molecule has 4 bridgehead atoms. The summed E-state index contributed by atoms with van der Waals surface area (Å²) in [5, 5.41) is 0.799. The molecule has 4 saturated carbocycles. The molecular formula is C24H29N2O3+. The van der Waals surface area contributed by atoms with Gasteiger partial charge in [-0.15, -0.1) is 0 Å². The molecule has 2 heterocycles. The maximum atomic E-state index is 13.1. The van der Waals surface area contributed by atoms with Gasteiger partial charge in [-0.05, 0) is 49.1 Å². The van der Waals surface area contributed by atoms with Crippen LogP contribution in [0.3, 0.4) is 0 Å². The molecule has 1 aromatic heterocycles. The first-order valence-electron chi connectivity index (χ1n) is 11.3. The van der Waals surface area contributed by atoms with Crippen LogP contribution in [0.4, 0.5) is 0 Å². The highest BCUT2D eigenvalue weighted by Gasteiger charge is 2.56. The average Bonchev–Trinajstić information content (AvgIpc) is 2.72. The molecule has 29 heavy (non-hydrogen) atoms. The number of carbonyl (C=O) groups is 1. The predicted molar refractivity (Wildman–Crippen MR) is 110 cm³/mol. The van der Waals surface area contributed by atoms with E-state index >= 15 is 0 Å². The van der Waals surface area contributed by atoms with E-state index in [4.69, 9.17) is 4.42 Å². The third-order valence-corrected chi connectivity index (χ3v) is 8.31. The standard InChI is InChI=1S/C24H28N2O3/c27-22(20-12-19-3-1-2-4-21(19)29-23(20)28)25-5-7-26(8-6-25)24-13-16-9-17(14-24)11-18(10-16)15-24/h1-4,12,16-18H,5-11,13-15H2/p+1. The van der Waals surface area contributed by atoms with E-state index in [1.807, 2.05) is 23.1 Å². The second-order valence-corrected chi connectivity index (χ2v) is 10.1. The maximum Gasteiger partial charge on any atom is 0.349 e. The molecule has 1 N–H and O–H groups in total. The van der Waals surface area contributed by atoms with Crippen molar-refractivity contribution in [1.29, 1.82) is 0 Å². The Balaban J connectivity index is 1.19. The van der Waals surface area contributed by atoms with Gasteiger partial charge in [0, 0.05) is 24.6 Å². The van der Waals surface area contributed by atoms with Crippen LogP contribution in [0, 0.1) is 17.8 Å². The zero-order valence-corrected chi connectivity index (χ0v) is 16.9. The summed E-state index contributed by atoms with van der Waals surface area (Å²) in [5.41, 5.74) is 0.655. The van der Waals surface area contributed by atoms with Crippen molar-refractivity contribution < 1.29 is 14.1 Å². The fourth-order valence-corrected chi connectivity index (χ4v) is 7.44. The van der Waals surface area contributed by atoms with Crippen LogP contribution in [0.1, 0.15) is 48.9 Å². The van der Waals surface area contributed by atoms with Gasteiger partial charge < -0.3 is 14.2 Å². The van der Waals surface area contributed by atoms with E-state index in [0.717, 1.165) is 49.3 Å². The van der Waals surface area contributed by atoms with Gasteiger partial charge in [0.2, 0.25) is 0 Å². The molecule has 5 aliphatic rings. The average molecular weight is 394 g/mol. The molecule has 0 unspecified atom stereocenters. The zero-order chi connectivity index (χ0) is 19.6. The van der Waals surface area contributed by atoms with Gasteiger partial charge in [0.25, 0.3) is 5.91 Å². The first-order valence-corrected chi connectivity index (χ1v) is 11.3. The third kappa shape index (κ3) is 2.85. The zero-order valence-electron chi connectivity index (χ0n) is 16.9. The molecule has 2 aromatic rings. The summed E-state index contributed by atoms with van der Waals surface area (Å²) in [4.78, 5) is 29.1. The molecule has 5 nitrogen and oxygen atoms in total. The van der Waals surface area contributed by atoms with Crippen molar-refractivity contribution in [3.63, 3.8) is 0 Å². The number of rotatable bonds is 2. The molecule has 5 heteroatoms. The predicted octanol–water partition coefficient (Wildman–Crippen LogP) is 2.10. The van der Waals surface area contributed by atoms with Crippen LogP contribution in [0.2, 0.25) is 0 Å². The normalized spacial score (nSPS) is 34.1. The van der Waals surface area contributed by atoms with Crippen molar-refractivity contribution in [3.8, 4) is 0 Å². The lowest BCUT2D eigenvalue weighted by molar-refractivity contribution is -0.962. The van der Waals surface area contributed by atoms with Crippen LogP contribution < -0.4 is 10.5 Å². The Bertz CT molecular complexity index is 983. The molecule has 152 valence electrons. The summed E-state index contributed by atoms with van der Waals surface area (Å²) in [7, 11) is 0. The van der Waals surface area contributed by atoms with E-state index in [9.17, 15) is 9.59 Å². The highest BCUT2D eigenvalue weighted by atomic mass is 16.4. The first kappa shape index (κ1) is 17.7. The van der Waals surface area contributed by atoms with Crippen molar-refractivity contribution in [2.24, 2.45) is 17.8 Å². The number of benzene rings is 1. The highest BCUT2D eigenvalue weighted by molar-refractivity contribution is 5.96. The van der Waals surface area contributed by atoms with Crippen molar-refractivity contribution in [2.45, 2.75) is 44.1 Å². The summed E-state index contributed by atoms with van der Waals surface area (Å²) in [5.74, 6) is 2.69. The lowest BCUT2D eigenvalue weighted by Gasteiger charge is -2.59. The number of amides is 1. The second-order valence-electron chi connectivity index (χ2n) is 10.1. The lowest BCUT2D eigenvalue weighted by Crippen LogP contribution is -3.23. The number of fused-ring (bicyclic) bond motifs is 1. The Kier molecular flexibility index (Phi) is 3.92. The minimum atomic E-state index is -0.524. The maximum absolute atomic E-state index is 13.1. The van der Waals surface area contributed by atoms with Crippen molar-refractivity contribution in [1.82, 2.24) is 4.90 Å². The molecule has 1 amide bonds. The number of quaternary nitrogens is 1. The number of hydrogen-bond acceptors (Lipinski definition) is 3. The van der Waals surface area contributed by atoms with Gasteiger partial charge in [0.05, 0.1) is 31.7 Å². The Labute approximate surface area is 170 Å². The molecule has 1 saturated heterocycles. The number of hydrogen-bond donors (Lipinski definition) is 1. The summed E-state index contributed by atoms with van der Waals surface area (Å²) < 4.78 is 5.38. The van der Waals surface area contributed by atoms with E-state index in [1.54, 1.807) is 17.0 Å². The summed E-state index contributed by atoms with van der Waals surface area (Å²) in [6.45, 7) is 3.50. The fraction of sp³-hybridized carbons (Fsp3) is 0.583. The number of nitrogens with one attached hydrogen (secondary N) is 1. The summed E-state index contributed by atoms with van der Waals surface area (Å²) >= 11 is 0.